The van der Waals surface area contributed by atoms with Gasteiger partial charge in [-0.15, -0.1) is 0 Å². The van der Waals surface area contributed by atoms with E-state index in [9.17, 15) is 13.2 Å². The first-order valence-electron chi connectivity index (χ1n) is 5.29. The summed E-state index contributed by atoms with van der Waals surface area (Å²) in [5, 5.41) is 2.57. The molecule has 0 aliphatic rings. The summed E-state index contributed by atoms with van der Waals surface area (Å²) < 4.78 is 44.7. The summed E-state index contributed by atoms with van der Waals surface area (Å²) in [6, 6.07) is 2.56. The van der Waals surface area contributed by atoms with E-state index < -0.39 is 11.7 Å². The quantitative estimate of drug-likeness (QED) is 0.759. The van der Waals surface area contributed by atoms with Gasteiger partial charge in [0.1, 0.15) is 12.4 Å². The third kappa shape index (κ3) is 4.72. The summed E-state index contributed by atoms with van der Waals surface area (Å²) in [5.74, 6) is 0.182. The van der Waals surface area contributed by atoms with E-state index >= 15 is 0 Å². The van der Waals surface area contributed by atoms with Gasteiger partial charge in [-0.25, -0.2) is 0 Å². The fourth-order valence-corrected chi connectivity index (χ4v) is 1.86. The Bertz CT molecular complexity index is 483. The molecule has 0 bridgehead atoms. The predicted molar refractivity (Wildman–Crippen MR) is 77.2 cm³/mol. The molecule has 0 spiro atoms. The molecule has 0 unspecified atom stereocenters. The summed E-state index contributed by atoms with van der Waals surface area (Å²) >= 11 is 6.28. The van der Waals surface area contributed by atoms with Gasteiger partial charge in [-0.3, -0.25) is 0 Å². The van der Waals surface area contributed by atoms with E-state index in [1.54, 1.807) is 19.1 Å². The Morgan fingerprint density at radius 1 is 1.37 bits per heavy atom. The fourth-order valence-electron chi connectivity index (χ4n) is 1.59. The predicted octanol–water partition coefficient (Wildman–Crippen LogP) is 5.07. The molecule has 0 fully saturated rings. The van der Waals surface area contributed by atoms with Crippen LogP contribution in [0.5, 0.6) is 5.75 Å². The van der Waals surface area contributed by atoms with Gasteiger partial charge in [0.05, 0.1) is 8.96 Å². The smallest absolute Gasteiger partial charge is 0.418 e. The number of hydrogen-bond acceptors (Lipinski definition) is 2. The highest BCUT2D eigenvalue weighted by atomic mass is 79.9. The van der Waals surface area contributed by atoms with Gasteiger partial charge in [0.15, 0.2) is 0 Å². The Balaban J connectivity index is 3.10. The zero-order valence-corrected chi connectivity index (χ0v) is 13.4. The van der Waals surface area contributed by atoms with Crippen LogP contribution >= 0.6 is 31.9 Å². The van der Waals surface area contributed by atoms with E-state index in [1.807, 2.05) is 0 Å². The number of ether oxygens (including phenoxy) is 1. The molecule has 2 nitrogen and oxygen atoms in total. The highest BCUT2D eigenvalue weighted by molar-refractivity contribution is 9.28. The van der Waals surface area contributed by atoms with Crippen molar-refractivity contribution >= 4 is 37.5 Å². The lowest BCUT2D eigenvalue weighted by molar-refractivity contribution is -0.137. The highest BCUT2D eigenvalue weighted by Gasteiger charge is 2.34. The minimum atomic E-state index is -4.42. The number of nitrogens with one attached hydrogen (secondary N) is 1. The van der Waals surface area contributed by atoms with Gasteiger partial charge in [0.25, 0.3) is 0 Å². The number of anilines is 1. The average Bonchev–Trinajstić information content (AvgIpc) is 2.26. The van der Waals surface area contributed by atoms with Crippen LogP contribution in [0.3, 0.4) is 0 Å². The molecule has 7 heteroatoms. The first kappa shape index (κ1) is 16.4. The molecule has 0 radical (unpaired) electrons. The Morgan fingerprint density at radius 3 is 2.47 bits per heavy atom. The van der Waals surface area contributed by atoms with Crippen LogP contribution in [-0.2, 0) is 6.18 Å². The second-order valence-electron chi connectivity index (χ2n) is 3.72. The number of benzene rings is 1. The molecule has 106 valence electrons. The molecule has 19 heavy (non-hydrogen) atoms. The van der Waals surface area contributed by atoms with Gasteiger partial charge >= 0.3 is 6.18 Å². The van der Waals surface area contributed by atoms with Crippen LogP contribution < -0.4 is 10.1 Å². The summed E-state index contributed by atoms with van der Waals surface area (Å²) in [5.41, 5.74) is -0.182. The summed E-state index contributed by atoms with van der Waals surface area (Å²) in [6.45, 7) is 1.77. The molecule has 1 aromatic carbocycles. The Labute approximate surface area is 126 Å². The van der Waals surface area contributed by atoms with Crippen LogP contribution in [0.1, 0.15) is 11.1 Å². The van der Waals surface area contributed by atoms with Gasteiger partial charge in [-0.2, -0.15) is 13.2 Å². The van der Waals surface area contributed by atoms with Crippen molar-refractivity contribution < 1.29 is 17.9 Å². The summed E-state index contributed by atoms with van der Waals surface area (Å²) in [4.78, 5) is 0. The number of hydrogen-bond donors (Lipinski definition) is 1. The van der Waals surface area contributed by atoms with Crippen molar-refractivity contribution in [2.45, 2.75) is 13.1 Å². The minimum Gasteiger partial charge on any atom is -0.489 e. The monoisotopic (exact) mass is 401 g/mol. The molecule has 0 aliphatic heterocycles. The van der Waals surface area contributed by atoms with E-state index in [1.165, 1.54) is 7.05 Å². The molecule has 0 aromatic heterocycles. The van der Waals surface area contributed by atoms with E-state index in [-0.39, 0.29) is 18.0 Å². The number of halogens is 5. The molecule has 1 rings (SSSR count). The standard InChI is InChI=1S/C12H12Br2F3NO/c1-7-5-8(19-4-3-10(13)14)6-9(11(7)18-2)12(15,16)17/h3,5-6,18H,4H2,1-2H3. The van der Waals surface area contributed by atoms with Gasteiger partial charge < -0.3 is 10.1 Å². The lowest BCUT2D eigenvalue weighted by Gasteiger charge is -2.17. The topological polar surface area (TPSA) is 21.3 Å². The fraction of sp³-hybridized carbons (Fsp3) is 0.333. The van der Waals surface area contributed by atoms with E-state index in [0.29, 0.717) is 8.96 Å². The van der Waals surface area contributed by atoms with Gasteiger partial charge in [-0.05, 0) is 62.6 Å². The molecule has 0 heterocycles. The maximum Gasteiger partial charge on any atom is 0.418 e. The maximum absolute atomic E-state index is 12.9. The van der Waals surface area contributed by atoms with Crippen molar-refractivity contribution in [1.29, 1.82) is 0 Å². The van der Waals surface area contributed by atoms with Crippen LogP contribution in [0, 0.1) is 6.92 Å². The second-order valence-corrected chi connectivity index (χ2v) is 6.49. The second kappa shape index (κ2) is 6.65. The number of alkyl halides is 3. The molecule has 0 saturated heterocycles. The average molecular weight is 403 g/mol. The Kier molecular flexibility index (Phi) is 5.73. The van der Waals surface area contributed by atoms with Crippen molar-refractivity contribution in [3.05, 3.63) is 32.7 Å². The van der Waals surface area contributed by atoms with Crippen LogP contribution in [-0.4, -0.2) is 13.7 Å². The Hall–Kier alpha value is -0.690. The molecular weight excluding hydrogens is 391 g/mol. The van der Waals surface area contributed by atoms with Crippen molar-refractivity contribution in [3.8, 4) is 5.75 Å². The zero-order valence-electron chi connectivity index (χ0n) is 10.2. The first-order valence-corrected chi connectivity index (χ1v) is 6.88. The van der Waals surface area contributed by atoms with Gasteiger partial charge in [0.2, 0.25) is 0 Å². The SMILES string of the molecule is CNc1c(C)cc(OCC=C(Br)Br)cc1C(F)(F)F. The number of aryl methyl sites for hydroxylation is 1. The van der Waals surface area contributed by atoms with Crippen LogP contribution in [0.25, 0.3) is 0 Å². The van der Waals surface area contributed by atoms with E-state index in [4.69, 9.17) is 4.74 Å². The Morgan fingerprint density at radius 2 is 2.00 bits per heavy atom. The normalized spacial score (nSPS) is 11.1. The number of rotatable bonds is 4. The maximum atomic E-state index is 12.9. The molecule has 0 saturated carbocycles. The molecule has 0 amide bonds. The van der Waals surface area contributed by atoms with E-state index in [0.717, 1.165) is 6.07 Å². The minimum absolute atomic E-state index is 0.0667. The van der Waals surface area contributed by atoms with Crippen LogP contribution in [0.4, 0.5) is 18.9 Å². The van der Waals surface area contributed by atoms with Crippen molar-refractivity contribution in [3.63, 3.8) is 0 Å². The van der Waals surface area contributed by atoms with Crippen molar-refractivity contribution in [2.75, 3.05) is 19.0 Å². The first-order chi connectivity index (χ1) is 8.75. The third-order valence-corrected chi connectivity index (χ3v) is 3.00. The third-order valence-electron chi connectivity index (χ3n) is 2.35. The largest absolute Gasteiger partial charge is 0.489 e. The molecule has 0 atom stereocenters. The zero-order chi connectivity index (χ0) is 14.6. The summed E-state index contributed by atoms with van der Waals surface area (Å²) in [6.07, 6.45) is -2.77. The highest BCUT2D eigenvalue weighted by Crippen LogP contribution is 2.39. The van der Waals surface area contributed by atoms with Gasteiger partial charge in [-0.1, -0.05) is 0 Å². The lowest BCUT2D eigenvalue weighted by atomic mass is 10.1. The lowest BCUT2D eigenvalue weighted by Crippen LogP contribution is -2.11. The van der Waals surface area contributed by atoms with Gasteiger partial charge in [0, 0.05) is 12.7 Å². The van der Waals surface area contributed by atoms with Crippen molar-refractivity contribution in [1.82, 2.24) is 0 Å². The molecule has 1 aromatic rings. The molecule has 1 N–H and O–H groups in total. The molecule has 0 aliphatic carbocycles. The summed E-state index contributed by atoms with van der Waals surface area (Å²) in [7, 11) is 1.46. The molecular formula is C12H12Br2F3NO. The van der Waals surface area contributed by atoms with Crippen LogP contribution in [0.2, 0.25) is 0 Å². The van der Waals surface area contributed by atoms with E-state index in [2.05, 4.69) is 37.2 Å². The van der Waals surface area contributed by atoms with Crippen LogP contribution in [0.15, 0.2) is 21.6 Å². The van der Waals surface area contributed by atoms with Crippen molar-refractivity contribution in [2.24, 2.45) is 0 Å².